The van der Waals surface area contributed by atoms with Crippen LogP contribution < -0.4 is 14.8 Å². The maximum absolute atomic E-state index is 12.0. The number of Topliss-reactive ketones (excluding diaryl/α,β-unsaturated/α-hetero) is 1. The quantitative estimate of drug-likeness (QED) is 0.633. The Morgan fingerprint density at radius 3 is 2.81 bits per heavy atom. The zero-order valence-electron chi connectivity index (χ0n) is 16.4. The Morgan fingerprint density at radius 2 is 2.15 bits per heavy atom. The van der Waals surface area contributed by atoms with Crippen molar-refractivity contribution in [3.05, 3.63) is 23.8 Å². The lowest BCUT2D eigenvalue weighted by Crippen LogP contribution is -2.46. The van der Waals surface area contributed by atoms with Gasteiger partial charge in [0, 0.05) is 25.2 Å². The molecule has 1 fully saturated rings. The molecule has 27 heavy (non-hydrogen) atoms. The van der Waals surface area contributed by atoms with E-state index in [1.54, 1.807) is 18.2 Å². The number of methoxy groups -OCH3 is 1. The molecule has 0 aliphatic carbocycles. The third kappa shape index (κ3) is 6.22. The minimum atomic E-state index is -0.685. The summed E-state index contributed by atoms with van der Waals surface area (Å²) in [6.45, 7) is 6.11. The first-order valence-corrected chi connectivity index (χ1v) is 9.44. The van der Waals surface area contributed by atoms with Gasteiger partial charge in [0.2, 0.25) is 5.91 Å². The summed E-state index contributed by atoms with van der Waals surface area (Å²) in [4.78, 5) is 25.6. The third-order valence-electron chi connectivity index (χ3n) is 4.70. The maximum Gasteiger partial charge on any atom is 0.224 e. The van der Waals surface area contributed by atoms with E-state index in [0.717, 1.165) is 19.4 Å². The van der Waals surface area contributed by atoms with Gasteiger partial charge < -0.3 is 19.9 Å². The number of ether oxygens (including phenoxy) is 2. The van der Waals surface area contributed by atoms with E-state index < -0.39 is 6.10 Å². The van der Waals surface area contributed by atoms with Gasteiger partial charge in [0.15, 0.2) is 17.3 Å². The average molecular weight is 378 g/mol. The van der Waals surface area contributed by atoms with Crippen LogP contribution in [-0.2, 0) is 4.79 Å². The van der Waals surface area contributed by atoms with Crippen molar-refractivity contribution in [2.24, 2.45) is 5.92 Å². The van der Waals surface area contributed by atoms with Gasteiger partial charge >= 0.3 is 0 Å². The van der Waals surface area contributed by atoms with E-state index in [1.165, 1.54) is 14.0 Å². The summed E-state index contributed by atoms with van der Waals surface area (Å²) in [7, 11) is 1.51. The van der Waals surface area contributed by atoms with E-state index in [4.69, 9.17) is 9.47 Å². The zero-order chi connectivity index (χ0) is 19.8. The lowest BCUT2D eigenvalue weighted by atomic mass is 9.97. The van der Waals surface area contributed by atoms with Crippen LogP contribution in [0.25, 0.3) is 0 Å². The topological polar surface area (TPSA) is 88.1 Å². The average Bonchev–Trinajstić information content (AvgIpc) is 2.66. The number of amides is 1. The molecular weight excluding hydrogens is 348 g/mol. The predicted octanol–water partition coefficient (Wildman–Crippen LogP) is 1.49. The number of aliphatic hydroxyl groups is 1. The van der Waals surface area contributed by atoms with Gasteiger partial charge in [-0.25, -0.2) is 0 Å². The van der Waals surface area contributed by atoms with Gasteiger partial charge in [-0.15, -0.1) is 0 Å². The van der Waals surface area contributed by atoms with Gasteiger partial charge in [-0.1, -0.05) is 0 Å². The second kappa shape index (κ2) is 10.3. The molecule has 1 aliphatic heterocycles. The fraction of sp³-hybridized carbons (Fsp3) is 0.600. The molecule has 1 aliphatic rings. The number of nitrogens with zero attached hydrogens (tertiary/aromatic N) is 1. The lowest BCUT2D eigenvalue weighted by Gasteiger charge is -2.33. The molecule has 2 rings (SSSR count). The molecule has 0 bridgehead atoms. The van der Waals surface area contributed by atoms with Crippen LogP contribution in [0.5, 0.6) is 11.5 Å². The SMILES string of the molecule is CCNC(=O)C1CCCN(CC(O)COc2ccc(C(C)=O)cc2OC)C1. The highest BCUT2D eigenvalue weighted by Crippen LogP contribution is 2.28. The van der Waals surface area contributed by atoms with Crippen LogP contribution in [0.2, 0.25) is 0 Å². The fourth-order valence-corrected chi connectivity index (χ4v) is 3.30. The predicted molar refractivity (Wildman–Crippen MR) is 102 cm³/mol. The number of ketones is 1. The van der Waals surface area contributed by atoms with Crippen molar-refractivity contribution in [1.82, 2.24) is 10.2 Å². The van der Waals surface area contributed by atoms with E-state index in [1.807, 2.05) is 6.92 Å². The van der Waals surface area contributed by atoms with Crippen LogP contribution >= 0.6 is 0 Å². The number of piperidine rings is 1. The molecule has 0 aromatic heterocycles. The number of β-amino-alcohol motifs (C(OH)–C–C–N with tert-alkyl or cyclic N) is 1. The Bertz CT molecular complexity index is 649. The zero-order valence-corrected chi connectivity index (χ0v) is 16.4. The molecule has 1 aromatic carbocycles. The lowest BCUT2D eigenvalue weighted by molar-refractivity contribution is -0.126. The molecule has 2 unspecified atom stereocenters. The number of benzene rings is 1. The molecule has 1 heterocycles. The highest BCUT2D eigenvalue weighted by molar-refractivity contribution is 5.94. The molecule has 150 valence electrons. The number of hydrogen-bond acceptors (Lipinski definition) is 6. The second-order valence-electron chi connectivity index (χ2n) is 6.88. The minimum absolute atomic E-state index is 0.0222. The van der Waals surface area contributed by atoms with Gasteiger partial charge in [-0.3, -0.25) is 14.5 Å². The molecule has 0 saturated carbocycles. The highest BCUT2D eigenvalue weighted by atomic mass is 16.5. The molecule has 1 aromatic rings. The normalized spacial score (nSPS) is 18.6. The third-order valence-corrected chi connectivity index (χ3v) is 4.70. The number of nitrogens with one attached hydrogen (secondary N) is 1. The first kappa shape index (κ1) is 21.2. The van der Waals surface area contributed by atoms with Crippen LogP contribution in [0.3, 0.4) is 0 Å². The van der Waals surface area contributed by atoms with Crippen molar-refractivity contribution in [2.75, 3.05) is 39.9 Å². The van der Waals surface area contributed by atoms with E-state index in [-0.39, 0.29) is 24.2 Å². The fourth-order valence-electron chi connectivity index (χ4n) is 3.30. The summed E-state index contributed by atoms with van der Waals surface area (Å²) in [6.07, 6.45) is 1.14. The van der Waals surface area contributed by atoms with Crippen molar-refractivity contribution < 1.29 is 24.2 Å². The van der Waals surface area contributed by atoms with Gasteiger partial charge in [0.25, 0.3) is 0 Å². The Hall–Kier alpha value is -2.12. The Balaban J connectivity index is 1.86. The van der Waals surface area contributed by atoms with Crippen LogP contribution in [0.1, 0.15) is 37.0 Å². The van der Waals surface area contributed by atoms with E-state index in [0.29, 0.717) is 36.7 Å². The van der Waals surface area contributed by atoms with Crippen LogP contribution in [0.15, 0.2) is 18.2 Å². The van der Waals surface area contributed by atoms with Crippen molar-refractivity contribution >= 4 is 11.7 Å². The van der Waals surface area contributed by atoms with Crippen LogP contribution in [0.4, 0.5) is 0 Å². The number of carbonyl (C=O) groups is 2. The van der Waals surface area contributed by atoms with E-state index in [9.17, 15) is 14.7 Å². The van der Waals surface area contributed by atoms with Crippen molar-refractivity contribution in [2.45, 2.75) is 32.8 Å². The van der Waals surface area contributed by atoms with Crippen LogP contribution in [0, 0.1) is 5.92 Å². The van der Waals surface area contributed by atoms with E-state index >= 15 is 0 Å². The number of likely N-dealkylation sites (tertiary alicyclic amines) is 1. The first-order chi connectivity index (χ1) is 12.9. The summed E-state index contributed by atoms with van der Waals surface area (Å²) >= 11 is 0. The summed E-state index contributed by atoms with van der Waals surface area (Å²) in [6, 6.07) is 4.98. The molecular formula is C20H30N2O5. The second-order valence-corrected chi connectivity index (χ2v) is 6.88. The van der Waals surface area contributed by atoms with Crippen LogP contribution in [-0.4, -0.2) is 67.7 Å². The smallest absolute Gasteiger partial charge is 0.224 e. The first-order valence-electron chi connectivity index (χ1n) is 9.44. The number of aliphatic hydroxyl groups excluding tert-OH is 1. The van der Waals surface area contributed by atoms with Gasteiger partial charge in [0.05, 0.1) is 13.0 Å². The monoisotopic (exact) mass is 378 g/mol. The van der Waals surface area contributed by atoms with Gasteiger partial charge in [-0.2, -0.15) is 0 Å². The number of hydrogen-bond donors (Lipinski definition) is 2. The molecule has 1 amide bonds. The molecule has 0 radical (unpaired) electrons. The standard InChI is InChI=1S/C20H30N2O5/c1-4-21-20(25)16-6-5-9-22(11-16)12-17(24)13-27-18-8-7-15(14(2)23)10-19(18)26-3/h7-8,10,16-17,24H,4-6,9,11-13H2,1-3H3,(H,21,25). The molecule has 1 saturated heterocycles. The summed E-state index contributed by atoms with van der Waals surface area (Å²) in [5.74, 6) is 0.963. The number of carbonyl (C=O) groups excluding carboxylic acids is 2. The van der Waals surface area contributed by atoms with Crippen molar-refractivity contribution in [3.63, 3.8) is 0 Å². The molecule has 0 spiro atoms. The van der Waals surface area contributed by atoms with Crippen molar-refractivity contribution in [1.29, 1.82) is 0 Å². The Kier molecular flexibility index (Phi) is 8.06. The molecule has 2 N–H and O–H groups in total. The minimum Gasteiger partial charge on any atom is -0.493 e. The van der Waals surface area contributed by atoms with Gasteiger partial charge in [-0.05, 0) is 51.4 Å². The number of rotatable bonds is 9. The summed E-state index contributed by atoms with van der Waals surface area (Å²) in [5.41, 5.74) is 0.546. The molecule has 7 nitrogen and oxygen atoms in total. The largest absolute Gasteiger partial charge is 0.493 e. The van der Waals surface area contributed by atoms with Crippen molar-refractivity contribution in [3.8, 4) is 11.5 Å². The van der Waals surface area contributed by atoms with E-state index in [2.05, 4.69) is 10.2 Å². The maximum atomic E-state index is 12.0. The molecule has 2 atom stereocenters. The Morgan fingerprint density at radius 1 is 1.37 bits per heavy atom. The highest BCUT2D eigenvalue weighted by Gasteiger charge is 2.26. The molecule has 7 heteroatoms. The summed E-state index contributed by atoms with van der Waals surface area (Å²) < 4.78 is 11.0. The summed E-state index contributed by atoms with van der Waals surface area (Å²) in [5, 5.41) is 13.2. The Labute approximate surface area is 160 Å². The van der Waals surface area contributed by atoms with Gasteiger partial charge in [0.1, 0.15) is 12.7 Å².